The molecule has 3 rings (SSSR count). The van der Waals surface area contributed by atoms with Crippen LogP contribution in [0.3, 0.4) is 0 Å². The van der Waals surface area contributed by atoms with Gasteiger partial charge in [-0.3, -0.25) is 4.79 Å². The molecular formula is C18H25N3O4S. The van der Waals surface area contributed by atoms with Crippen molar-refractivity contribution in [3.05, 3.63) is 29.3 Å². The standard InChI is InChI=1S/C18H25N3O4S/c1-11-7-8-12(2)13(9-11)19-16(22)6-4-3-5-15-17-14(10-26(15,24)25)20-18(23)21-17/h7-9,14-15,17H,3-6,10H2,1-2H3,(H,19,22)(H2,20,21,23)/t14-,15+,17+/m0/s1. The average Bonchev–Trinajstić information content (AvgIpc) is 2.99. The number of rotatable bonds is 6. The molecule has 0 spiro atoms. The Labute approximate surface area is 153 Å². The number of fused-ring (bicyclic) bond motifs is 1. The zero-order chi connectivity index (χ0) is 18.9. The Balaban J connectivity index is 1.47. The number of hydrogen-bond donors (Lipinski definition) is 3. The molecule has 3 amide bonds. The van der Waals surface area contributed by atoms with Gasteiger partial charge in [-0.05, 0) is 43.9 Å². The Hall–Kier alpha value is -2.09. The van der Waals surface area contributed by atoms with Crippen LogP contribution >= 0.6 is 0 Å². The van der Waals surface area contributed by atoms with Gasteiger partial charge in [-0.1, -0.05) is 18.6 Å². The lowest BCUT2D eigenvalue weighted by atomic mass is 10.0. The summed E-state index contributed by atoms with van der Waals surface area (Å²) in [5.41, 5.74) is 2.91. The highest BCUT2D eigenvalue weighted by molar-refractivity contribution is 7.92. The normalized spacial score (nSPS) is 26.1. The fourth-order valence-corrected chi connectivity index (χ4v) is 5.99. The van der Waals surface area contributed by atoms with Crippen LogP contribution in [0.25, 0.3) is 0 Å². The summed E-state index contributed by atoms with van der Waals surface area (Å²) in [5.74, 6) is -0.0736. The van der Waals surface area contributed by atoms with Gasteiger partial charge in [0.1, 0.15) is 0 Å². The molecule has 0 aromatic heterocycles. The Kier molecular flexibility index (Phi) is 5.22. The summed E-state index contributed by atoms with van der Waals surface area (Å²) in [5, 5.41) is 7.71. The Bertz CT molecular complexity index is 822. The second kappa shape index (κ2) is 7.26. The van der Waals surface area contributed by atoms with Crippen LogP contribution in [0.4, 0.5) is 10.5 Å². The van der Waals surface area contributed by atoms with Gasteiger partial charge in [0.2, 0.25) is 5.91 Å². The van der Waals surface area contributed by atoms with Gasteiger partial charge in [0.25, 0.3) is 0 Å². The molecule has 3 atom stereocenters. The molecule has 0 saturated carbocycles. The molecule has 26 heavy (non-hydrogen) atoms. The maximum atomic E-state index is 12.3. The molecule has 2 fully saturated rings. The molecule has 3 N–H and O–H groups in total. The molecule has 0 radical (unpaired) electrons. The van der Waals surface area contributed by atoms with E-state index in [-0.39, 0.29) is 29.8 Å². The van der Waals surface area contributed by atoms with E-state index in [2.05, 4.69) is 16.0 Å². The van der Waals surface area contributed by atoms with Crippen molar-refractivity contribution in [2.24, 2.45) is 0 Å². The van der Waals surface area contributed by atoms with E-state index in [9.17, 15) is 18.0 Å². The van der Waals surface area contributed by atoms with E-state index >= 15 is 0 Å². The molecule has 8 heteroatoms. The third-order valence-electron chi connectivity index (χ3n) is 5.13. The quantitative estimate of drug-likeness (QED) is 0.516. The molecule has 1 aromatic carbocycles. The molecule has 2 aliphatic heterocycles. The van der Waals surface area contributed by atoms with E-state index in [4.69, 9.17) is 0 Å². The molecule has 0 unspecified atom stereocenters. The molecule has 1 aromatic rings. The number of sulfone groups is 1. The molecule has 2 aliphatic rings. The molecular weight excluding hydrogens is 354 g/mol. The molecule has 7 nitrogen and oxygen atoms in total. The Morgan fingerprint density at radius 3 is 2.77 bits per heavy atom. The number of urea groups is 1. The summed E-state index contributed by atoms with van der Waals surface area (Å²) >= 11 is 0. The van der Waals surface area contributed by atoms with Crippen LogP contribution in [0, 0.1) is 13.8 Å². The van der Waals surface area contributed by atoms with Gasteiger partial charge in [-0.15, -0.1) is 0 Å². The van der Waals surface area contributed by atoms with E-state index in [0.29, 0.717) is 25.7 Å². The number of hydrogen-bond acceptors (Lipinski definition) is 4. The number of carbonyl (C=O) groups is 2. The van der Waals surface area contributed by atoms with Crippen molar-refractivity contribution < 1.29 is 18.0 Å². The Morgan fingerprint density at radius 2 is 2.00 bits per heavy atom. The van der Waals surface area contributed by atoms with Crippen LogP contribution < -0.4 is 16.0 Å². The van der Waals surface area contributed by atoms with Gasteiger partial charge < -0.3 is 16.0 Å². The second-order valence-corrected chi connectivity index (χ2v) is 9.49. The molecule has 0 aliphatic carbocycles. The fraction of sp³-hybridized carbons (Fsp3) is 0.556. The van der Waals surface area contributed by atoms with Crippen molar-refractivity contribution in [3.63, 3.8) is 0 Å². The highest BCUT2D eigenvalue weighted by atomic mass is 32.2. The summed E-state index contributed by atoms with van der Waals surface area (Å²) in [6.07, 6.45) is 2.05. The summed E-state index contributed by atoms with van der Waals surface area (Å²) in [7, 11) is -3.21. The molecule has 142 valence electrons. The summed E-state index contributed by atoms with van der Waals surface area (Å²) in [6.45, 7) is 3.92. The SMILES string of the molecule is Cc1ccc(C)c(NC(=O)CCCC[C@@H]2[C@@H]3NC(=O)N[C@H]3CS2(=O)=O)c1. The number of benzene rings is 1. The van der Waals surface area contributed by atoms with E-state index in [1.165, 1.54) is 0 Å². The second-order valence-electron chi connectivity index (χ2n) is 7.23. The number of unbranched alkanes of at least 4 members (excludes halogenated alkanes) is 1. The average molecular weight is 379 g/mol. The van der Waals surface area contributed by atoms with E-state index < -0.39 is 15.1 Å². The topological polar surface area (TPSA) is 104 Å². The zero-order valence-electron chi connectivity index (χ0n) is 15.0. The first-order chi connectivity index (χ1) is 12.3. The van der Waals surface area contributed by atoms with E-state index in [1.54, 1.807) is 0 Å². The number of carbonyl (C=O) groups excluding carboxylic acids is 2. The van der Waals surface area contributed by atoms with Gasteiger partial charge in [0.15, 0.2) is 9.84 Å². The minimum atomic E-state index is -3.21. The van der Waals surface area contributed by atoms with Gasteiger partial charge in [-0.25, -0.2) is 13.2 Å². The van der Waals surface area contributed by atoms with E-state index in [0.717, 1.165) is 16.8 Å². The minimum absolute atomic E-state index is 0.00576. The predicted octanol–water partition coefficient (Wildman–Crippen LogP) is 1.65. The monoisotopic (exact) mass is 379 g/mol. The largest absolute Gasteiger partial charge is 0.332 e. The van der Waals surface area contributed by atoms with Crippen molar-refractivity contribution in [2.45, 2.75) is 56.9 Å². The van der Waals surface area contributed by atoms with Crippen molar-refractivity contribution in [1.29, 1.82) is 0 Å². The van der Waals surface area contributed by atoms with Crippen molar-refractivity contribution >= 4 is 27.5 Å². The minimum Gasteiger partial charge on any atom is -0.332 e. The van der Waals surface area contributed by atoms with Crippen LogP contribution in [-0.2, 0) is 14.6 Å². The van der Waals surface area contributed by atoms with Crippen molar-refractivity contribution in [3.8, 4) is 0 Å². The van der Waals surface area contributed by atoms with Crippen molar-refractivity contribution in [2.75, 3.05) is 11.1 Å². The molecule has 2 saturated heterocycles. The number of aryl methyl sites for hydroxylation is 2. The number of nitrogens with one attached hydrogen (secondary N) is 3. The lowest BCUT2D eigenvalue weighted by Crippen LogP contribution is -2.39. The fourth-order valence-electron chi connectivity index (χ4n) is 3.72. The lowest BCUT2D eigenvalue weighted by Gasteiger charge is -2.16. The van der Waals surface area contributed by atoms with Gasteiger partial charge in [0.05, 0.1) is 23.1 Å². The third kappa shape index (κ3) is 4.00. The summed E-state index contributed by atoms with van der Waals surface area (Å²) in [6, 6.07) is 4.93. The third-order valence-corrected chi connectivity index (χ3v) is 7.41. The van der Waals surface area contributed by atoms with Crippen LogP contribution in [0.15, 0.2) is 18.2 Å². The maximum Gasteiger partial charge on any atom is 0.315 e. The lowest BCUT2D eigenvalue weighted by molar-refractivity contribution is -0.116. The van der Waals surface area contributed by atoms with Crippen molar-refractivity contribution in [1.82, 2.24) is 10.6 Å². The van der Waals surface area contributed by atoms with E-state index in [1.807, 2.05) is 32.0 Å². The highest BCUT2D eigenvalue weighted by Crippen LogP contribution is 2.28. The van der Waals surface area contributed by atoms with Gasteiger partial charge >= 0.3 is 6.03 Å². The summed E-state index contributed by atoms with van der Waals surface area (Å²) < 4.78 is 24.5. The van der Waals surface area contributed by atoms with Crippen LogP contribution in [0.2, 0.25) is 0 Å². The summed E-state index contributed by atoms with van der Waals surface area (Å²) in [4.78, 5) is 23.5. The zero-order valence-corrected chi connectivity index (χ0v) is 15.9. The maximum absolute atomic E-state index is 12.3. The first kappa shape index (κ1) is 18.7. The van der Waals surface area contributed by atoms with Crippen LogP contribution in [0.1, 0.15) is 36.8 Å². The molecule has 0 bridgehead atoms. The van der Waals surface area contributed by atoms with Gasteiger partial charge in [-0.2, -0.15) is 0 Å². The van der Waals surface area contributed by atoms with Gasteiger partial charge in [0, 0.05) is 12.1 Å². The smallest absolute Gasteiger partial charge is 0.315 e. The Morgan fingerprint density at radius 1 is 1.23 bits per heavy atom. The highest BCUT2D eigenvalue weighted by Gasteiger charge is 2.51. The number of amides is 3. The first-order valence-corrected chi connectivity index (χ1v) is 10.6. The number of anilines is 1. The predicted molar refractivity (Wildman–Crippen MR) is 99.8 cm³/mol. The first-order valence-electron chi connectivity index (χ1n) is 8.92. The van der Waals surface area contributed by atoms with Crippen LogP contribution in [-0.4, -0.2) is 43.4 Å². The van der Waals surface area contributed by atoms with Crippen LogP contribution in [0.5, 0.6) is 0 Å². The molecule has 2 heterocycles.